The van der Waals surface area contributed by atoms with E-state index < -0.39 is 18.1 Å². The van der Waals surface area contributed by atoms with Gasteiger partial charge >= 0.3 is 0 Å². The van der Waals surface area contributed by atoms with Crippen molar-refractivity contribution in [3.05, 3.63) is 48.1 Å². The van der Waals surface area contributed by atoms with Crippen LogP contribution in [0.1, 0.15) is 160 Å². The fourth-order valence-electron chi connectivity index (χ4n) is 10.7. The first-order valence-corrected chi connectivity index (χ1v) is 25.0. The van der Waals surface area contributed by atoms with Gasteiger partial charge in [-0.3, -0.25) is 9.69 Å². The number of hydrogen-bond donors (Lipinski definition) is 2. The van der Waals surface area contributed by atoms with Gasteiger partial charge < -0.3 is 38.9 Å². The molecule has 348 valence electrons. The van der Waals surface area contributed by atoms with Crippen LogP contribution in [0.2, 0.25) is 0 Å². The monoisotopic (exact) mass is 864 g/mol. The van der Waals surface area contributed by atoms with E-state index in [1.165, 1.54) is 38.5 Å². The molecule has 0 spiro atoms. The third-order valence-corrected chi connectivity index (χ3v) is 13.9. The minimum Gasteiger partial charge on any atom is -0.492 e. The molecule has 3 aliphatic heterocycles. The molecule has 1 saturated carbocycles. The summed E-state index contributed by atoms with van der Waals surface area (Å²) in [4.78, 5) is 25.5. The summed E-state index contributed by atoms with van der Waals surface area (Å²) in [5, 5.41) is 24.9. The Hall–Kier alpha value is -2.96. The second-order valence-corrected chi connectivity index (χ2v) is 18.5. The predicted octanol–water partition coefficient (Wildman–Crippen LogP) is 9.70. The number of rotatable bonds is 30. The second kappa shape index (κ2) is 25.5. The van der Waals surface area contributed by atoms with Gasteiger partial charge in [-0.05, 0) is 87.0 Å². The van der Waals surface area contributed by atoms with E-state index in [4.69, 9.17) is 28.9 Å². The molecule has 0 aromatic heterocycles. The fraction of sp³-hybridized carbons (Fsp3) is 0.765. The smallest absolute Gasteiger partial charge is 0.239 e. The molecule has 0 bridgehead atoms. The summed E-state index contributed by atoms with van der Waals surface area (Å²) in [5.74, 6) is 0.387. The van der Waals surface area contributed by atoms with Crippen molar-refractivity contribution in [3.63, 3.8) is 0 Å². The number of unbranched alkanes of at least 4 members (excludes halogenated alkanes) is 10. The van der Waals surface area contributed by atoms with Crippen molar-refractivity contribution < 1.29 is 38.8 Å². The normalized spacial score (nSPS) is 27.2. The molecule has 5 aliphatic rings. The van der Waals surface area contributed by atoms with E-state index in [0.717, 1.165) is 131 Å². The zero-order valence-corrected chi connectivity index (χ0v) is 38.5. The highest BCUT2D eigenvalue weighted by Gasteiger charge is 2.65. The van der Waals surface area contributed by atoms with Crippen LogP contribution in [0.25, 0.3) is 0 Å². The zero-order chi connectivity index (χ0) is 43.6. The maximum atomic E-state index is 14.8. The van der Waals surface area contributed by atoms with Crippen LogP contribution in [0.15, 0.2) is 47.7 Å². The number of ether oxygens (including phenoxy) is 4. The average molecular weight is 864 g/mol. The number of carbonyl (C=O) groups is 1. The number of carbonyl (C=O) groups excluding carboxylic acids is 1. The van der Waals surface area contributed by atoms with Crippen LogP contribution in [-0.2, 0) is 19.1 Å². The SMILES string of the molecule is C=CCO[C@@]12Oc3ccc(OCCN4CC4)cc3[C@H]3[C@H](CCCCO)[C@@H](CCCCO)C=C(C(=NOC4CCCCO4)C[C@@H]1N(CCC)C(=O)CCCCCCCCCCC)[C@H]32. The summed E-state index contributed by atoms with van der Waals surface area (Å²) >= 11 is 0. The van der Waals surface area contributed by atoms with Crippen molar-refractivity contribution in [2.45, 2.75) is 173 Å². The van der Waals surface area contributed by atoms with Crippen LogP contribution in [0, 0.1) is 17.8 Å². The Morgan fingerprint density at radius 1 is 0.968 bits per heavy atom. The molecule has 7 atom stereocenters. The van der Waals surface area contributed by atoms with E-state index in [0.29, 0.717) is 32.6 Å². The van der Waals surface area contributed by atoms with Crippen LogP contribution >= 0.6 is 0 Å². The van der Waals surface area contributed by atoms with Crippen molar-refractivity contribution >= 4 is 11.6 Å². The van der Waals surface area contributed by atoms with E-state index in [1.54, 1.807) is 6.08 Å². The summed E-state index contributed by atoms with van der Waals surface area (Å²) in [6.07, 6.45) is 24.0. The highest BCUT2D eigenvalue weighted by Crippen LogP contribution is 2.62. The van der Waals surface area contributed by atoms with Gasteiger partial charge in [0, 0.05) is 70.1 Å². The number of oxime groups is 1. The third kappa shape index (κ3) is 12.9. The lowest BCUT2D eigenvalue weighted by Crippen LogP contribution is -2.70. The van der Waals surface area contributed by atoms with E-state index in [-0.39, 0.29) is 49.4 Å². The number of allylic oxidation sites excluding steroid dienone is 1. The van der Waals surface area contributed by atoms with Gasteiger partial charge in [0.2, 0.25) is 18.0 Å². The topological polar surface area (TPSA) is 122 Å². The van der Waals surface area contributed by atoms with E-state index in [2.05, 4.69) is 48.4 Å². The first-order chi connectivity index (χ1) is 30.5. The van der Waals surface area contributed by atoms with Gasteiger partial charge in [0.05, 0.1) is 24.8 Å². The molecular formula is C51H81N3O8. The van der Waals surface area contributed by atoms with E-state index in [1.807, 2.05) is 6.07 Å². The molecule has 0 radical (unpaired) electrons. The van der Waals surface area contributed by atoms with Gasteiger partial charge in [-0.15, -0.1) is 6.58 Å². The van der Waals surface area contributed by atoms with Crippen LogP contribution in [0.4, 0.5) is 0 Å². The number of fused-ring (bicyclic) bond motifs is 2. The summed E-state index contributed by atoms with van der Waals surface area (Å²) in [7, 11) is 0. The van der Waals surface area contributed by atoms with Gasteiger partial charge in [0.15, 0.2) is 0 Å². The van der Waals surface area contributed by atoms with Crippen molar-refractivity contribution in [2.75, 3.05) is 59.2 Å². The Bertz CT molecular complexity index is 1580. The van der Waals surface area contributed by atoms with E-state index >= 15 is 0 Å². The summed E-state index contributed by atoms with van der Waals surface area (Å²) in [6.45, 7) is 14.0. The molecule has 1 amide bonds. The maximum absolute atomic E-state index is 14.8. The molecule has 2 saturated heterocycles. The summed E-state index contributed by atoms with van der Waals surface area (Å²) < 4.78 is 27.1. The molecule has 11 heteroatoms. The van der Waals surface area contributed by atoms with Crippen molar-refractivity contribution in [1.29, 1.82) is 0 Å². The van der Waals surface area contributed by atoms with E-state index in [9.17, 15) is 15.0 Å². The lowest BCUT2D eigenvalue weighted by Gasteiger charge is -2.60. The number of hydrogen-bond acceptors (Lipinski definition) is 10. The van der Waals surface area contributed by atoms with Crippen molar-refractivity contribution in [3.8, 4) is 11.5 Å². The van der Waals surface area contributed by atoms with Crippen molar-refractivity contribution in [2.24, 2.45) is 22.9 Å². The largest absolute Gasteiger partial charge is 0.492 e. The minimum absolute atomic E-state index is 0.0769. The predicted molar refractivity (Wildman–Crippen MR) is 245 cm³/mol. The molecular weight excluding hydrogens is 783 g/mol. The third-order valence-electron chi connectivity index (χ3n) is 13.9. The first kappa shape index (κ1) is 48.5. The highest BCUT2D eigenvalue weighted by molar-refractivity contribution is 6.03. The molecule has 3 fully saturated rings. The Morgan fingerprint density at radius 2 is 1.73 bits per heavy atom. The molecule has 3 heterocycles. The Balaban J connectivity index is 1.43. The molecule has 1 aromatic carbocycles. The van der Waals surface area contributed by atoms with Gasteiger partial charge in [0.25, 0.3) is 0 Å². The van der Waals surface area contributed by atoms with Crippen LogP contribution in [-0.4, -0.2) is 109 Å². The summed E-state index contributed by atoms with van der Waals surface area (Å²) in [6, 6.07) is 5.77. The first-order valence-electron chi connectivity index (χ1n) is 25.0. The number of amides is 1. The summed E-state index contributed by atoms with van der Waals surface area (Å²) in [5.41, 5.74) is 2.97. The van der Waals surface area contributed by atoms with Gasteiger partial charge in [-0.25, -0.2) is 0 Å². The van der Waals surface area contributed by atoms with Crippen LogP contribution in [0.3, 0.4) is 0 Å². The van der Waals surface area contributed by atoms with Gasteiger partial charge in [0.1, 0.15) is 24.1 Å². The maximum Gasteiger partial charge on any atom is 0.239 e. The molecule has 62 heavy (non-hydrogen) atoms. The molecule has 1 unspecified atom stereocenters. The average Bonchev–Trinajstić information content (AvgIpc) is 4.12. The number of nitrogens with zero attached hydrogens (tertiary/aromatic N) is 3. The Labute approximate surface area is 373 Å². The number of benzene rings is 1. The Morgan fingerprint density at radius 3 is 2.42 bits per heavy atom. The van der Waals surface area contributed by atoms with Gasteiger partial charge in [-0.1, -0.05) is 95.4 Å². The van der Waals surface area contributed by atoms with Gasteiger partial charge in [-0.2, -0.15) is 0 Å². The fourth-order valence-corrected chi connectivity index (χ4v) is 10.7. The zero-order valence-electron chi connectivity index (χ0n) is 38.5. The number of aliphatic hydroxyl groups is 2. The second-order valence-electron chi connectivity index (χ2n) is 18.5. The van der Waals surface area contributed by atoms with Crippen LogP contribution < -0.4 is 9.47 Å². The molecule has 2 aliphatic carbocycles. The quantitative estimate of drug-likeness (QED) is 0.0337. The Kier molecular flexibility index (Phi) is 20.0. The lowest BCUT2D eigenvalue weighted by atomic mass is 9.55. The number of aliphatic hydroxyl groups excluding tert-OH is 2. The lowest BCUT2D eigenvalue weighted by molar-refractivity contribution is -0.257. The highest BCUT2D eigenvalue weighted by atomic mass is 16.8. The molecule has 6 rings (SSSR count). The molecule has 1 aromatic rings. The minimum atomic E-state index is -1.24. The van der Waals surface area contributed by atoms with Crippen LogP contribution in [0.5, 0.6) is 11.5 Å². The molecule has 11 nitrogen and oxygen atoms in total. The van der Waals surface area contributed by atoms with Crippen molar-refractivity contribution in [1.82, 2.24) is 9.80 Å². The standard InChI is InChI=1S/C51H81N3O8/c1-4-7-8-9-10-11-12-13-14-23-47(57)54(27-5-2)46-38-44(52-62-48-24-17-20-34-59-48)42-36-39(21-15-18-31-55)41(22-16-19-32-56)49-43-37-40(58-35-30-53-28-29-53)25-26-45(43)61-51(46,50(42)49)60-33-6-3/h6,25-26,36-37,39,41,46,48-50,55-56H,3-5,7-24,27-35,38H2,1-2H3/t39-,41+,46-,48?,49+,50+,51+/m0/s1. The molecule has 2 N–H and O–H groups in total.